The molecule has 0 spiro atoms. The molecule has 1 heterocycles. The molecule has 144 valence electrons. The summed E-state index contributed by atoms with van der Waals surface area (Å²) in [5, 5.41) is 9.04. The van der Waals surface area contributed by atoms with Crippen molar-refractivity contribution in [3.63, 3.8) is 0 Å². The third-order valence-corrected chi connectivity index (χ3v) is 5.25. The number of aliphatic carboxylic acids is 1. The molecule has 0 amide bonds. The number of carboxylic acids is 1. The fourth-order valence-electron chi connectivity index (χ4n) is 3.82. The molecule has 0 saturated heterocycles. The Kier molecular flexibility index (Phi) is 5.15. The van der Waals surface area contributed by atoms with Crippen molar-refractivity contribution in [2.24, 2.45) is 0 Å². The van der Waals surface area contributed by atoms with Crippen LogP contribution in [0.25, 0.3) is 11.5 Å². The van der Waals surface area contributed by atoms with Crippen LogP contribution in [0.4, 0.5) is 0 Å². The van der Waals surface area contributed by atoms with Gasteiger partial charge in [0.2, 0.25) is 5.89 Å². The SMILES string of the molecule is Cc1nc(-c2ccccc2)oc1CCOc1ccc2c(c1)CCC2CC(=O)O. The van der Waals surface area contributed by atoms with Gasteiger partial charge in [0.25, 0.3) is 0 Å². The summed E-state index contributed by atoms with van der Waals surface area (Å²) in [6.45, 7) is 2.45. The number of carbonyl (C=O) groups is 1. The molecule has 0 bridgehead atoms. The highest BCUT2D eigenvalue weighted by atomic mass is 16.5. The van der Waals surface area contributed by atoms with Gasteiger partial charge >= 0.3 is 5.97 Å². The summed E-state index contributed by atoms with van der Waals surface area (Å²) < 4.78 is 11.8. The van der Waals surface area contributed by atoms with E-state index in [4.69, 9.17) is 14.3 Å². The Bertz CT molecular complexity index is 978. The van der Waals surface area contributed by atoms with E-state index >= 15 is 0 Å². The van der Waals surface area contributed by atoms with Gasteiger partial charge in [-0.2, -0.15) is 0 Å². The minimum atomic E-state index is -0.740. The predicted octanol–water partition coefficient (Wildman–Crippen LogP) is 4.78. The number of carboxylic acid groups (broad SMARTS) is 1. The van der Waals surface area contributed by atoms with Crippen molar-refractivity contribution in [1.82, 2.24) is 4.98 Å². The Hall–Kier alpha value is -3.08. The van der Waals surface area contributed by atoms with Gasteiger partial charge in [0, 0.05) is 12.0 Å². The predicted molar refractivity (Wildman–Crippen MR) is 106 cm³/mol. The van der Waals surface area contributed by atoms with Crippen molar-refractivity contribution >= 4 is 5.97 Å². The van der Waals surface area contributed by atoms with Gasteiger partial charge in [-0.3, -0.25) is 4.79 Å². The van der Waals surface area contributed by atoms with Gasteiger partial charge in [0.1, 0.15) is 11.5 Å². The molecule has 1 N–H and O–H groups in total. The Morgan fingerprint density at radius 1 is 1.25 bits per heavy atom. The van der Waals surface area contributed by atoms with Crippen LogP contribution in [0, 0.1) is 6.92 Å². The molecule has 1 aliphatic rings. The fraction of sp³-hybridized carbons (Fsp3) is 0.304. The highest BCUT2D eigenvalue weighted by molar-refractivity contribution is 5.68. The van der Waals surface area contributed by atoms with Gasteiger partial charge in [0.15, 0.2) is 0 Å². The highest BCUT2D eigenvalue weighted by Crippen LogP contribution is 2.37. The largest absolute Gasteiger partial charge is 0.493 e. The van der Waals surface area contributed by atoms with E-state index in [1.54, 1.807) is 0 Å². The Morgan fingerprint density at radius 3 is 2.86 bits per heavy atom. The first-order chi connectivity index (χ1) is 13.6. The van der Waals surface area contributed by atoms with Crippen molar-refractivity contribution in [3.05, 3.63) is 71.1 Å². The second-order valence-corrected chi connectivity index (χ2v) is 7.19. The van der Waals surface area contributed by atoms with Crippen LogP contribution in [0.5, 0.6) is 5.75 Å². The van der Waals surface area contributed by atoms with Crippen molar-refractivity contribution in [2.45, 2.75) is 38.5 Å². The summed E-state index contributed by atoms with van der Waals surface area (Å²) in [4.78, 5) is 15.5. The van der Waals surface area contributed by atoms with Crippen molar-refractivity contribution in [3.8, 4) is 17.2 Å². The quantitative estimate of drug-likeness (QED) is 0.642. The third kappa shape index (κ3) is 3.93. The van der Waals surface area contributed by atoms with Gasteiger partial charge in [-0.25, -0.2) is 4.98 Å². The molecule has 2 aromatic carbocycles. The summed E-state index contributed by atoms with van der Waals surface area (Å²) >= 11 is 0. The normalized spacial score (nSPS) is 15.4. The molecule has 1 atom stereocenters. The third-order valence-electron chi connectivity index (χ3n) is 5.25. The molecule has 5 nitrogen and oxygen atoms in total. The number of rotatable bonds is 7. The molecule has 0 radical (unpaired) electrons. The average molecular weight is 377 g/mol. The van der Waals surface area contributed by atoms with Crippen LogP contribution in [-0.4, -0.2) is 22.7 Å². The van der Waals surface area contributed by atoms with E-state index in [0.29, 0.717) is 18.9 Å². The molecule has 1 aliphatic carbocycles. The van der Waals surface area contributed by atoms with E-state index in [9.17, 15) is 4.79 Å². The van der Waals surface area contributed by atoms with Crippen LogP contribution in [0.3, 0.4) is 0 Å². The van der Waals surface area contributed by atoms with Gasteiger partial charge in [0.05, 0.1) is 18.7 Å². The molecule has 1 unspecified atom stereocenters. The second-order valence-electron chi connectivity index (χ2n) is 7.19. The summed E-state index contributed by atoms with van der Waals surface area (Å²) in [7, 11) is 0. The zero-order chi connectivity index (χ0) is 19.5. The standard InChI is InChI=1S/C23H23NO4/c1-15-21(28-23(24-15)16-5-3-2-4-6-16)11-12-27-19-9-10-20-17(13-19)7-8-18(20)14-22(25)26/h2-6,9-10,13,18H,7-8,11-12,14H2,1H3,(H,25,26). The fourth-order valence-corrected chi connectivity index (χ4v) is 3.82. The maximum absolute atomic E-state index is 11.0. The first-order valence-corrected chi connectivity index (χ1v) is 9.59. The molecule has 3 aromatic rings. The number of aromatic nitrogens is 1. The number of hydrogen-bond acceptors (Lipinski definition) is 4. The van der Waals surface area contributed by atoms with E-state index in [1.807, 2.05) is 55.5 Å². The Balaban J connectivity index is 1.37. The van der Waals surface area contributed by atoms with E-state index in [2.05, 4.69) is 4.98 Å². The van der Waals surface area contributed by atoms with E-state index in [1.165, 1.54) is 5.56 Å². The second kappa shape index (κ2) is 7.89. The minimum absolute atomic E-state index is 0.120. The molecule has 0 fully saturated rings. The zero-order valence-corrected chi connectivity index (χ0v) is 15.9. The Labute approximate surface area is 164 Å². The maximum Gasteiger partial charge on any atom is 0.303 e. The molecule has 0 aliphatic heterocycles. The number of hydrogen-bond donors (Lipinski definition) is 1. The summed E-state index contributed by atoms with van der Waals surface area (Å²) in [5.41, 5.74) is 4.19. The molecule has 1 aromatic heterocycles. The van der Waals surface area contributed by atoms with Gasteiger partial charge in [-0.15, -0.1) is 0 Å². The lowest BCUT2D eigenvalue weighted by atomic mass is 9.98. The number of benzene rings is 2. The summed E-state index contributed by atoms with van der Waals surface area (Å²) in [6.07, 6.45) is 2.64. The molecular weight excluding hydrogens is 354 g/mol. The number of nitrogens with zero attached hydrogens (tertiary/aromatic N) is 1. The monoisotopic (exact) mass is 377 g/mol. The van der Waals surface area contributed by atoms with Gasteiger partial charge in [-0.1, -0.05) is 24.3 Å². The van der Waals surface area contributed by atoms with Crippen LogP contribution in [0.15, 0.2) is 52.9 Å². The van der Waals surface area contributed by atoms with Crippen molar-refractivity contribution in [1.29, 1.82) is 0 Å². The molecule has 4 rings (SSSR count). The highest BCUT2D eigenvalue weighted by Gasteiger charge is 2.24. The lowest BCUT2D eigenvalue weighted by Crippen LogP contribution is -2.04. The van der Waals surface area contributed by atoms with Crippen LogP contribution in [0.1, 0.15) is 41.3 Å². The number of fused-ring (bicyclic) bond motifs is 1. The van der Waals surface area contributed by atoms with Gasteiger partial charge in [-0.05, 0) is 61.1 Å². The number of ether oxygens (including phenoxy) is 1. The summed E-state index contributed by atoms with van der Waals surface area (Å²) in [6, 6.07) is 15.8. The molecular formula is C23H23NO4. The average Bonchev–Trinajstić information content (AvgIpc) is 3.26. The van der Waals surface area contributed by atoms with Gasteiger partial charge < -0.3 is 14.3 Å². The van der Waals surface area contributed by atoms with E-state index in [0.717, 1.165) is 41.2 Å². The lowest BCUT2D eigenvalue weighted by molar-refractivity contribution is -0.137. The van der Waals surface area contributed by atoms with E-state index < -0.39 is 5.97 Å². The molecule has 0 saturated carbocycles. The van der Waals surface area contributed by atoms with Crippen LogP contribution in [-0.2, 0) is 17.6 Å². The van der Waals surface area contributed by atoms with E-state index in [-0.39, 0.29) is 12.3 Å². The van der Waals surface area contributed by atoms with Crippen molar-refractivity contribution < 1.29 is 19.1 Å². The number of oxazole rings is 1. The first kappa shape index (κ1) is 18.3. The smallest absolute Gasteiger partial charge is 0.303 e. The van der Waals surface area contributed by atoms with Crippen molar-refractivity contribution in [2.75, 3.05) is 6.61 Å². The number of aryl methyl sites for hydroxylation is 2. The van der Waals surface area contributed by atoms with Crippen LogP contribution in [0.2, 0.25) is 0 Å². The first-order valence-electron chi connectivity index (χ1n) is 9.59. The van der Waals surface area contributed by atoms with Crippen LogP contribution < -0.4 is 4.74 Å². The maximum atomic E-state index is 11.0. The summed E-state index contributed by atoms with van der Waals surface area (Å²) in [5.74, 6) is 1.66. The molecule has 28 heavy (non-hydrogen) atoms. The lowest BCUT2D eigenvalue weighted by Gasteiger charge is -2.10. The van der Waals surface area contributed by atoms with Crippen LogP contribution >= 0.6 is 0 Å². The Morgan fingerprint density at radius 2 is 2.07 bits per heavy atom. The minimum Gasteiger partial charge on any atom is -0.493 e. The zero-order valence-electron chi connectivity index (χ0n) is 15.9. The topological polar surface area (TPSA) is 72.6 Å². The molecule has 5 heteroatoms.